The van der Waals surface area contributed by atoms with Crippen LogP contribution in [0.25, 0.3) is 0 Å². The first-order valence-electron chi connectivity index (χ1n) is 11.4. The topological polar surface area (TPSA) is 8.81 Å². The van der Waals surface area contributed by atoms with Crippen molar-refractivity contribution in [3.63, 3.8) is 0 Å². The van der Waals surface area contributed by atoms with E-state index in [2.05, 4.69) is 42.3 Å². The van der Waals surface area contributed by atoms with Gasteiger partial charge in [-0.25, -0.2) is 9.13 Å². The Morgan fingerprint density at radius 2 is 1.20 bits per heavy atom. The molecular weight excluding hydrogens is 304 g/mol. The summed E-state index contributed by atoms with van der Waals surface area (Å²) >= 11 is 0. The summed E-state index contributed by atoms with van der Waals surface area (Å²) in [5.41, 5.74) is 0. The van der Waals surface area contributed by atoms with Crippen LogP contribution in [0.2, 0.25) is 0 Å². The molecule has 0 aliphatic rings. The number of unbranched alkanes of at least 4 members (excludes halogenated alkanes) is 12. The third kappa shape index (κ3) is 10.1. The van der Waals surface area contributed by atoms with Crippen LogP contribution >= 0.6 is 0 Å². The van der Waals surface area contributed by atoms with E-state index in [0.29, 0.717) is 0 Å². The number of rotatable bonds is 17. The molecule has 0 unspecified atom stereocenters. The van der Waals surface area contributed by atoms with E-state index in [1.54, 1.807) is 0 Å². The summed E-state index contributed by atoms with van der Waals surface area (Å²) in [5, 5.41) is 0. The van der Waals surface area contributed by atoms with E-state index in [1.807, 2.05) is 0 Å². The quantitative estimate of drug-likeness (QED) is 0.215. The van der Waals surface area contributed by atoms with Crippen LogP contribution in [-0.2, 0) is 19.5 Å². The fourth-order valence-corrected chi connectivity index (χ4v) is 3.82. The van der Waals surface area contributed by atoms with Gasteiger partial charge in [0.2, 0.25) is 0 Å². The average molecular weight is 350 g/mol. The summed E-state index contributed by atoms with van der Waals surface area (Å²) in [7, 11) is 0. The maximum absolute atomic E-state index is 2.46. The van der Waals surface area contributed by atoms with E-state index in [9.17, 15) is 0 Å². The lowest BCUT2D eigenvalue weighted by atomic mass is 10.0. The van der Waals surface area contributed by atoms with E-state index >= 15 is 0 Å². The van der Waals surface area contributed by atoms with Crippen molar-refractivity contribution in [1.82, 2.24) is 4.57 Å². The van der Waals surface area contributed by atoms with Gasteiger partial charge in [-0.05, 0) is 19.8 Å². The Hall–Kier alpha value is -0.790. The molecule has 0 N–H and O–H groups in total. The molecule has 1 heterocycles. The van der Waals surface area contributed by atoms with Crippen molar-refractivity contribution in [2.45, 2.75) is 130 Å². The summed E-state index contributed by atoms with van der Waals surface area (Å²) < 4.78 is 4.89. The normalized spacial score (nSPS) is 11.3. The Labute approximate surface area is 158 Å². The molecule has 1 rings (SSSR count). The molecule has 0 saturated heterocycles. The number of imidazole rings is 1. The number of hydrogen-bond acceptors (Lipinski definition) is 0. The molecule has 1 aromatic rings. The van der Waals surface area contributed by atoms with Crippen molar-refractivity contribution in [3.05, 3.63) is 18.2 Å². The van der Waals surface area contributed by atoms with Crippen LogP contribution in [0, 0.1) is 0 Å². The van der Waals surface area contributed by atoms with Crippen LogP contribution in [0.3, 0.4) is 0 Å². The van der Waals surface area contributed by atoms with Gasteiger partial charge in [0.05, 0.1) is 13.1 Å². The van der Waals surface area contributed by atoms with Gasteiger partial charge in [0.15, 0.2) is 0 Å². The number of nitrogens with zero attached hydrogens (tertiary/aromatic N) is 2. The SMILES string of the molecule is CCCCCCCCCCCCCCCc1n(CC)cc[n+]1CCC. The van der Waals surface area contributed by atoms with E-state index in [0.717, 1.165) is 6.54 Å². The molecule has 2 heteroatoms. The zero-order valence-electron chi connectivity index (χ0n) is 17.6. The minimum atomic E-state index is 1.10. The van der Waals surface area contributed by atoms with Gasteiger partial charge in [0, 0.05) is 6.42 Å². The highest BCUT2D eigenvalue weighted by Gasteiger charge is 2.14. The first kappa shape index (κ1) is 22.3. The molecule has 0 radical (unpaired) electrons. The van der Waals surface area contributed by atoms with Crippen molar-refractivity contribution >= 4 is 0 Å². The van der Waals surface area contributed by atoms with E-state index in [-0.39, 0.29) is 0 Å². The van der Waals surface area contributed by atoms with Gasteiger partial charge >= 0.3 is 0 Å². The largest absolute Gasteiger partial charge is 0.256 e. The molecule has 0 saturated carbocycles. The van der Waals surface area contributed by atoms with Crippen molar-refractivity contribution in [2.24, 2.45) is 0 Å². The van der Waals surface area contributed by atoms with Crippen molar-refractivity contribution < 1.29 is 4.57 Å². The van der Waals surface area contributed by atoms with Crippen LogP contribution in [-0.4, -0.2) is 4.57 Å². The molecule has 0 aliphatic heterocycles. The second-order valence-corrected chi connectivity index (χ2v) is 7.69. The Bertz CT molecular complexity index is 408. The summed E-state index contributed by atoms with van der Waals surface area (Å²) in [6, 6.07) is 0. The zero-order chi connectivity index (χ0) is 18.2. The standard InChI is InChI=1S/C23H45N2/c1-4-7-8-9-10-11-12-13-14-15-16-17-18-19-23-24(6-3)21-22-25(23)20-5-2/h21-22H,4-20H2,1-3H3/q+1. The maximum atomic E-state index is 2.46. The van der Waals surface area contributed by atoms with Crippen LogP contribution in [0.1, 0.15) is 116 Å². The Morgan fingerprint density at radius 3 is 1.68 bits per heavy atom. The second-order valence-electron chi connectivity index (χ2n) is 7.69. The molecule has 0 amide bonds. The average Bonchev–Trinajstić information content (AvgIpc) is 3.01. The lowest BCUT2D eigenvalue weighted by molar-refractivity contribution is -0.703. The van der Waals surface area contributed by atoms with Gasteiger partial charge in [0.1, 0.15) is 12.4 Å². The van der Waals surface area contributed by atoms with Crippen molar-refractivity contribution in [2.75, 3.05) is 0 Å². The van der Waals surface area contributed by atoms with Gasteiger partial charge in [-0.2, -0.15) is 0 Å². The van der Waals surface area contributed by atoms with Gasteiger partial charge in [0.25, 0.3) is 5.82 Å². The highest BCUT2D eigenvalue weighted by Crippen LogP contribution is 2.13. The fourth-order valence-electron chi connectivity index (χ4n) is 3.82. The minimum absolute atomic E-state index is 1.10. The molecule has 0 fully saturated rings. The van der Waals surface area contributed by atoms with Gasteiger partial charge in [-0.3, -0.25) is 0 Å². The number of hydrogen-bond donors (Lipinski definition) is 0. The monoisotopic (exact) mass is 349 g/mol. The number of aryl methyl sites for hydroxylation is 2. The van der Waals surface area contributed by atoms with E-state index in [4.69, 9.17) is 0 Å². The predicted molar refractivity (Wildman–Crippen MR) is 110 cm³/mol. The Balaban J connectivity index is 1.98. The molecule has 146 valence electrons. The predicted octanol–water partition coefficient (Wildman–Crippen LogP) is 6.84. The molecule has 0 spiro atoms. The molecule has 0 bridgehead atoms. The molecular formula is C23H45N2+. The van der Waals surface area contributed by atoms with Gasteiger partial charge in [-0.15, -0.1) is 0 Å². The van der Waals surface area contributed by atoms with Crippen LogP contribution in [0.4, 0.5) is 0 Å². The summed E-state index contributed by atoms with van der Waals surface area (Å²) in [5.74, 6) is 1.53. The van der Waals surface area contributed by atoms with Crippen molar-refractivity contribution in [3.8, 4) is 0 Å². The third-order valence-electron chi connectivity index (χ3n) is 5.40. The molecule has 0 atom stereocenters. The smallest absolute Gasteiger partial charge is 0.235 e. The molecule has 0 aromatic carbocycles. The number of aromatic nitrogens is 2. The Kier molecular flexibility index (Phi) is 13.8. The molecule has 0 aliphatic carbocycles. The van der Waals surface area contributed by atoms with Crippen LogP contribution in [0.5, 0.6) is 0 Å². The zero-order valence-corrected chi connectivity index (χ0v) is 17.6. The summed E-state index contributed by atoms with van der Waals surface area (Å²) in [6.45, 7) is 9.09. The third-order valence-corrected chi connectivity index (χ3v) is 5.40. The van der Waals surface area contributed by atoms with Crippen LogP contribution < -0.4 is 4.57 Å². The van der Waals surface area contributed by atoms with Gasteiger partial charge < -0.3 is 0 Å². The first-order chi connectivity index (χ1) is 12.3. The van der Waals surface area contributed by atoms with E-state index < -0.39 is 0 Å². The summed E-state index contributed by atoms with van der Waals surface area (Å²) in [6.07, 6.45) is 25.7. The molecule has 2 nitrogen and oxygen atoms in total. The molecule has 25 heavy (non-hydrogen) atoms. The van der Waals surface area contributed by atoms with Crippen LogP contribution in [0.15, 0.2) is 12.4 Å². The van der Waals surface area contributed by atoms with Crippen molar-refractivity contribution in [1.29, 1.82) is 0 Å². The Morgan fingerprint density at radius 1 is 0.680 bits per heavy atom. The highest BCUT2D eigenvalue weighted by atomic mass is 15.1. The molecule has 1 aromatic heterocycles. The minimum Gasteiger partial charge on any atom is -0.235 e. The highest BCUT2D eigenvalue weighted by molar-refractivity contribution is 4.83. The fraction of sp³-hybridized carbons (Fsp3) is 0.870. The maximum Gasteiger partial charge on any atom is 0.256 e. The lowest BCUT2D eigenvalue weighted by Crippen LogP contribution is -2.37. The van der Waals surface area contributed by atoms with E-state index in [1.165, 1.54) is 109 Å². The lowest BCUT2D eigenvalue weighted by Gasteiger charge is -2.04. The van der Waals surface area contributed by atoms with Gasteiger partial charge in [-0.1, -0.05) is 90.9 Å². The second kappa shape index (κ2) is 15.5. The first-order valence-corrected chi connectivity index (χ1v) is 11.4. The summed E-state index contributed by atoms with van der Waals surface area (Å²) in [4.78, 5) is 0.